The highest BCUT2D eigenvalue weighted by molar-refractivity contribution is 6.76. The van der Waals surface area contributed by atoms with Gasteiger partial charge in [0, 0.05) is 83.6 Å². The number of hydrogen-bond acceptors (Lipinski definition) is 11. The minimum atomic E-state index is -4.63. The first kappa shape index (κ1) is 40.0. The lowest BCUT2D eigenvalue weighted by Gasteiger charge is -2.39. The Morgan fingerprint density at radius 1 is 0.981 bits per heavy atom. The predicted octanol–water partition coefficient (Wildman–Crippen LogP) is 6.03. The second-order valence-electron chi connectivity index (χ2n) is 16.5. The fourth-order valence-electron chi connectivity index (χ4n) is 7.04. The standard InChI is InChI=1S/C37H55F3N8O5Si/c1-36(2,3)53-35(49)47-15-13-46(14-16-47)33-26-10-12-48(25-30(26)42-34(43-33)52-19-7-11-45-17-20-50-21-18-45)31-27(8-9-29-28(31)24-41-44-29)32(37(38,39)40)51-22-23-54(4,5)6/h8-9,24,32H,7,10-23,25H2,1-6H3,(H,41,44)/t32-/m0/s1. The lowest BCUT2D eigenvalue weighted by atomic mass is 9.98. The zero-order chi connectivity index (χ0) is 38.7. The van der Waals surface area contributed by atoms with E-state index in [1.807, 2.05) is 25.7 Å². The molecule has 0 spiro atoms. The quantitative estimate of drug-likeness (QED) is 0.172. The Bertz CT molecular complexity index is 1730. The molecular weight excluding hydrogens is 722 g/mol. The molecule has 1 N–H and O–H groups in total. The van der Waals surface area contributed by atoms with Crippen molar-refractivity contribution in [2.75, 3.05) is 88.6 Å². The maximum atomic E-state index is 14.8. The summed E-state index contributed by atoms with van der Waals surface area (Å²) < 4.78 is 67.5. The van der Waals surface area contributed by atoms with Gasteiger partial charge in [0.05, 0.1) is 49.5 Å². The van der Waals surface area contributed by atoms with Crippen LogP contribution >= 0.6 is 0 Å². The van der Waals surface area contributed by atoms with Crippen molar-refractivity contribution < 1.29 is 36.9 Å². The predicted molar refractivity (Wildman–Crippen MR) is 203 cm³/mol. The number of benzene rings is 1. The van der Waals surface area contributed by atoms with Gasteiger partial charge in [-0.05, 0) is 45.7 Å². The molecule has 17 heteroatoms. The molecular formula is C37H55F3N8O5Si. The highest BCUT2D eigenvalue weighted by Crippen LogP contribution is 2.44. The zero-order valence-electron chi connectivity index (χ0n) is 32.4. The lowest BCUT2D eigenvalue weighted by molar-refractivity contribution is -0.222. The van der Waals surface area contributed by atoms with E-state index in [9.17, 15) is 18.0 Å². The Balaban J connectivity index is 1.28. The van der Waals surface area contributed by atoms with Crippen molar-refractivity contribution in [1.29, 1.82) is 0 Å². The van der Waals surface area contributed by atoms with Gasteiger partial charge in [0.15, 0.2) is 6.10 Å². The molecule has 2 saturated heterocycles. The van der Waals surface area contributed by atoms with Gasteiger partial charge >= 0.3 is 18.3 Å². The first-order valence-corrected chi connectivity index (χ1v) is 22.7. The van der Waals surface area contributed by atoms with Crippen LogP contribution in [-0.2, 0) is 27.2 Å². The number of nitrogens with one attached hydrogen (secondary N) is 1. The van der Waals surface area contributed by atoms with Gasteiger partial charge in [0.25, 0.3) is 0 Å². The number of carbonyl (C=O) groups excluding carboxylic acids is 1. The summed E-state index contributed by atoms with van der Waals surface area (Å²) in [4.78, 5) is 30.8. The second kappa shape index (κ2) is 16.6. The monoisotopic (exact) mass is 776 g/mol. The zero-order valence-corrected chi connectivity index (χ0v) is 33.4. The van der Waals surface area contributed by atoms with E-state index in [1.54, 1.807) is 17.2 Å². The van der Waals surface area contributed by atoms with Gasteiger partial charge in [-0.15, -0.1) is 0 Å². The van der Waals surface area contributed by atoms with E-state index in [-0.39, 0.29) is 30.8 Å². The number of H-pyrrole nitrogens is 1. The smallest absolute Gasteiger partial charge is 0.418 e. The number of aromatic amines is 1. The molecule has 0 unspecified atom stereocenters. The summed E-state index contributed by atoms with van der Waals surface area (Å²) in [7, 11) is -1.65. The van der Waals surface area contributed by atoms with Crippen LogP contribution < -0.4 is 14.5 Å². The molecule has 3 aliphatic rings. The van der Waals surface area contributed by atoms with Gasteiger partial charge in [-0.25, -0.2) is 4.79 Å². The molecule has 0 saturated carbocycles. The minimum Gasteiger partial charge on any atom is -0.463 e. The van der Waals surface area contributed by atoms with E-state index >= 15 is 0 Å². The highest BCUT2D eigenvalue weighted by Gasteiger charge is 2.44. The molecule has 0 bridgehead atoms. The van der Waals surface area contributed by atoms with Crippen LogP contribution in [0.4, 0.5) is 29.5 Å². The van der Waals surface area contributed by atoms with Crippen LogP contribution in [0.5, 0.6) is 6.01 Å². The molecule has 5 heterocycles. The number of halogens is 3. The Morgan fingerprint density at radius 2 is 1.72 bits per heavy atom. The number of aromatic nitrogens is 4. The molecule has 54 heavy (non-hydrogen) atoms. The van der Waals surface area contributed by atoms with Gasteiger partial charge < -0.3 is 33.6 Å². The first-order chi connectivity index (χ1) is 25.6. The summed E-state index contributed by atoms with van der Waals surface area (Å²) >= 11 is 0. The Labute approximate surface area is 316 Å². The first-order valence-electron chi connectivity index (χ1n) is 19.0. The van der Waals surface area contributed by atoms with Crippen molar-refractivity contribution in [3.63, 3.8) is 0 Å². The molecule has 3 aromatic rings. The average Bonchev–Trinajstić information content (AvgIpc) is 3.59. The highest BCUT2D eigenvalue weighted by atomic mass is 28.3. The SMILES string of the molecule is CC(C)(C)OC(=O)N1CCN(c2nc(OCCCN3CCOCC3)nc3c2CCN(c2c([C@H](OCC[Si](C)(C)C)C(F)(F)F)ccc4[nH]ncc24)C3)CC1. The van der Waals surface area contributed by atoms with E-state index in [1.165, 1.54) is 6.07 Å². The minimum absolute atomic E-state index is 0.0234. The molecule has 2 fully saturated rings. The third-order valence-corrected chi connectivity index (χ3v) is 11.6. The van der Waals surface area contributed by atoms with E-state index in [0.717, 1.165) is 50.7 Å². The van der Waals surface area contributed by atoms with Crippen LogP contribution in [0.15, 0.2) is 18.3 Å². The van der Waals surface area contributed by atoms with Crippen LogP contribution in [0.3, 0.4) is 0 Å². The third-order valence-electron chi connectivity index (χ3n) is 9.87. The summed E-state index contributed by atoms with van der Waals surface area (Å²) in [6, 6.07) is 3.99. The van der Waals surface area contributed by atoms with E-state index in [0.29, 0.717) is 74.1 Å². The number of ether oxygens (including phenoxy) is 4. The Morgan fingerprint density at radius 3 is 2.41 bits per heavy atom. The second-order valence-corrected chi connectivity index (χ2v) is 22.1. The normalized spacial score (nSPS) is 18.2. The fourth-order valence-corrected chi connectivity index (χ4v) is 7.77. The topological polar surface area (TPSA) is 121 Å². The van der Waals surface area contributed by atoms with Crippen LogP contribution in [0, 0.1) is 0 Å². The maximum Gasteiger partial charge on any atom is 0.418 e. The summed E-state index contributed by atoms with van der Waals surface area (Å²) in [5.74, 6) is 0.733. The molecule has 0 radical (unpaired) electrons. The van der Waals surface area contributed by atoms with Gasteiger partial charge in [-0.2, -0.15) is 28.2 Å². The number of nitrogens with zero attached hydrogens (tertiary/aromatic N) is 7. The molecule has 298 valence electrons. The molecule has 3 aliphatic heterocycles. The van der Waals surface area contributed by atoms with Crippen molar-refractivity contribution in [2.24, 2.45) is 0 Å². The molecule has 1 amide bonds. The van der Waals surface area contributed by atoms with Crippen LogP contribution in [0.1, 0.15) is 50.1 Å². The number of hydrogen-bond donors (Lipinski definition) is 1. The number of amides is 1. The van der Waals surface area contributed by atoms with Gasteiger partial charge in [0.2, 0.25) is 0 Å². The molecule has 0 aliphatic carbocycles. The van der Waals surface area contributed by atoms with Crippen LogP contribution in [-0.4, -0.2) is 135 Å². The molecule has 1 atom stereocenters. The summed E-state index contributed by atoms with van der Waals surface area (Å²) in [5, 5.41) is 7.71. The number of rotatable bonds is 12. The summed E-state index contributed by atoms with van der Waals surface area (Å²) in [5.41, 5.74) is 2.15. The van der Waals surface area contributed by atoms with Crippen LogP contribution in [0.25, 0.3) is 10.9 Å². The number of morpholine rings is 1. The number of piperazine rings is 1. The summed E-state index contributed by atoms with van der Waals surface area (Å²) in [6.45, 7) is 19.0. The molecule has 1 aromatic carbocycles. The number of anilines is 2. The average molecular weight is 777 g/mol. The molecule has 2 aromatic heterocycles. The van der Waals surface area contributed by atoms with Crippen LogP contribution in [0.2, 0.25) is 25.7 Å². The number of carbonyl (C=O) groups is 1. The van der Waals surface area contributed by atoms with Crippen molar-refractivity contribution in [2.45, 2.75) is 83.7 Å². The van der Waals surface area contributed by atoms with E-state index < -0.39 is 26.0 Å². The number of fused-ring (bicyclic) bond motifs is 2. The van der Waals surface area contributed by atoms with Crippen molar-refractivity contribution in [3.8, 4) is 6.01 Å². The van der Waals surface area contributed by atoms with E-state index in [4.69, 9.17) is 28.9 Å². The van der Waals surface area contributed by atoms with Gasteiger partial charge in [-0.3, -0.25) is 10.00 Å². The maximum absolute atomic E-state index is 14.8. The molecule has 6 rings (SSSR count). The summed E-state index contributed by atoms with van der Waals surface area (Å²) in [6.07, 6.45) is -4.22. The van der Waals surface area contributed by atoms with Crippen molar-refractivity contribution >= 4 is 36.6 Å². The molecule has 13 nitrogen and oxygen atoms in total. The third kappa shape index (κ3) is 10.1. The van der Waals surface area contributed by atoms with Gasteiger partial charge in [-0.1, -0.05) is 25.7 Å². The Kier molecular flexibility index (Phi) is 12.3. The van der Waals surface area contributed by atoms with E-state index in [2.05, 4.69) is 39.6 Å². The van der Waals surface area contributed by atoms with Crippen molar-refractivity contribution in [1.82, 2.24) is 30.0 Å². The Hall–Kier alpha value is -3.67. The largest absolute Gasteiger partial charge is 0.463 e. The number of alkyl halides is 3. The van der Waals surface area contributed by atoms with Gasteiger partial charge in [0.1, 0.15) is 11.4 Å². The van der Waals surface area contributed by atoms with Crippen molar-refractivity contribution in [3.05, 3.63) is 35.2 Å². The fraction of sp³-hybridized carbons (Fsp3) is 0.676. The lowest BCUT2D eigenvalue weighted by Crippen LogP contribution is -2.50.